The first-order valence-electron chi connectivity index (χ1n) is 6.77. The highest BCUT2D eigenvalue weighted by Gasteiger charge is 2.21. The van der Waals surface area contributed by atoms with Crippen LogP contribution in [-0.4, -0.2) is 52.4 Å². The minimum Gasteiger partial charge on any atom is -0.338 e. The minimum absolute atomic E-state index is 0.347. The zero-order chi connectivity index (χ0) is 13.1. The Bertz CT molecular complexity index is 428. The third-order valence-electron chi connectivity index (χ3n) is 3.40. The van der Waals surface area contributed by atoms with Crippen molar-refractivity contribution in [3.8, 4) is 0 Å². The van der Waals surface area contributed by atoms with Gasteiger partial charge in [-0.3, -0.25) is 9.47 Å². The van der Waals surface area contributed by atoms with Crippen LogP contribution < -0.4 is 4.90 Å². The minimum atomic E-state index is 0.347. The predicted octanol–water partition coefficient (Wildman–Crippen LogP) is 2.05. The average molecular weight is 269 g/mol. The van der Waals surface area contributed by atoms with E-state index in [0.29, 0.717) is 6.04 Å². The highest BCUT2D eigenvalue weighted by atomic mass is 32.1. The van der Waals surface area contributed by atoms with Crippen molar-refractivity contribution < 1.29 is 0 Å². The summed E-state index contributed by atoms with van der Waals surface area (Å²) in [5.74, 6) is 0.992. The molecule has 2 rings (SSSR count). The Morgan fingerprint density at radius 2 is 1.94 bits per heavy atom. The second-order valence-corrected chi connectivity index (χ2v) is 5.51. The topological polar surface area (TPSA) is 40.1 Å². The van der Waals surface area contributed by atoms with Gasteiger partial charge in [0.2, 0.25) is 5.95 Å². The van der Waals surface area contributed by atoms with Gasteiger partial charge < -0.3 is 4.90 Å². The fourth-order valence-corrected chi connectivity index (χ4v) is 2.81. The number of piperazine rings is 1. The summed E-state index contributed by atoms with van der Waals surface area (Å²) in [6, 6.07) is 0.347. The molecule has 0 aliphatic carbocycles. The summed E-state index contributed by atoms with van der Waals surface area (Å²) in [5.41, 5.74) is 0. The van der Waals surface area contributed by atoms with Gasteiger partial charge >= 0.3 is 0 Å². The number of hydrogen-bond acceptors (Lipinski definition) is 4. The molecule has 2 heterocycles. The van der Waals surface area contributed by atoms with Crippen molar-refractivity contribution in [1.82, 2.24) is 19.7 Å². The van der Waals surface area contributed by atoms with E-state index in [-0.39, 0.29) is 0 Å². The molecule has 0 amide bonds. The summed E-state index contributed by atoms with van der Waals surface area (Å²) in [6.07, 6.45) is 1.23. The van der Waals surface area contributed by atoms with Crippen LogP contribution in [0.25, 0.3) is 0 Å². The Balaban J connectivity index is 2.08. The highest BCUT2D eigenvalue weighted by Crippen LogP contribution is 2.18. The Hall–Kier alpha value is -0.880. The lowest BCUT2D eigenvalue weighted by molar-refractivity contribution is 0.256. The van der Waals surface area contributed by atoms with Crippen LogP contribution in [0.3, 0.4) is 0 Å². The molecular formula is C12H23N5S. The third-order valence-corrected chi connectivity index (χ3v) is 3.69. The van der Waals surface area contributed by atoms with Crippen molar-refractivity contribution in [3.05, 3.63) is 4.77 Å². The number of rotatable bonds is 4. The van der Waals surface area contributed by atoms with Crippen LogP contribution in [-0.2, 0) is 0 Å². The van der Waals surface area contributed by atoms with Crippen LogP contribution in [0.5, 0.6) is 0 Å². The fourth-order valence-electron chi connectivity index (χ4n) is 2.47. The molecule has 1 aliphatic heterocycles. The summed E-state index contributed by atoms with van der Waals surface area (Å²) >= 11 is 5.29. The largest absolute Gasteiger partial charge is 0.338 e. The Morgan fingerprint density at radius 1 is 1.28 bits per heavy atom. The van der Waals surface area contributed by atoms with E-state index in [1.165, 1.54) is 13.0 Å². The number of aromatic nitrogens is 3. The van der Waals surface area contributed by atoms with Gasteiger partial charge in [0.1, 0.15) is 0 Å². The summed E-state index contributed by atoms with van der Waals surface area (Å²) in [5, 5.41) is 7.30. The highest BCUT2D eigenvalue weighted by molar-refractivity contribution is 7.71. The van der Waals surface area contributed by atoms with Crippen LogP contribution >= 0.6 is 12.2 Å². The van der Waals surface area contributed by atoms with Gasteiger partial charge in [0.25, 0.3) is 0 Å². The van der Waals surface area contributed by atoms with Gasteiger partial charge in [-0.25, -0.2) is 5.10 Å². The van der Waals surface area contributed by atoms with Gasteiger partial charge in [-0.05, 0) is 39.0 Å². The monoisotopic (exact) mass is 269 g/mol. The zero-order valence-corrected chi connectivity index (χ0v) is 12.3. The van der Waals surface area contributed by atoms with E-state index in [2.05, 4.69) is 45.3 Å². The van der Waals surface area contributed by atoms with Crippen molar-refractivity contribution in [2.24, 2.45) is 0 Å². The van der Waals surface area contributed by atoms with Gasteiger partial charge in [-0.15, -0.1) is 5.10 Å². The Labute approximate surface area is 114 Å². The van der Waals surface area contributed by atoms with Crippen molar-refractivity contribution >= 4 is 18.2 Å². The van der Waals surface area contributed by atoms with E-state index >= 15 is 0 Å². The SMILES string of the molecule is CCCN1CCN(c2n[nH]c(=S)n2C(C)C)CC1. The third kappa shape index (κ3) is 2.75. The van der Waals surface area contributed by atoms with Gasteiger partial charge in [0, 0.05) is 32.2 Å². The number of hydrogen-bond donors (Lipinski definition) is 1. The lowest BCUT2D eigenvalue weighted by Gasteiger charge is -2.35. The van der Waals surface area contributed by atoms with Crippen molar-refractivity contribution in [3.63, 3.8) is 0 Å². The number of nitrogens with one attached hydrogen (secondary N) is 1. The Kier molecular flexibility index (Phi) is 4.40. The average Bonchev–Trinajstić information content (AvgIpc) is 2.73. The second-order valence-electron chi connectivity index (χ2n) is 5.12. The van der Waals surface area contributed by atoms with Crippen LogP contribution in [0, 0.1) is 4.77 Å². The quantitative estimate of drug-likeness (QED) is 0.849. The summed E-state index contributed by atoms with van der Waals surface area (Å²) < 4.78 is 2.82. The maximum Gasteiger partial charge on any atom is 0.226 e. The molecule has 1 fully saturated rings. The van der Waals surface area contributed by atoms with E-state index in [1.54, 1.807) is 0 Å². The number of H-pyrrole nitrogens is 1. The van der Waals surface area contributed by atoms with Crippen LogP contribution in [0.2, 0.25) is 0 Å². The lowest BCUT2D eigenvalue weighted by atomic mass is 10.3. The maximum atomic E-state index is 5.29. The van der Waals surface area contributed by atoms with Crippen molar-refractivity contribution in [1.29, 1.82) is 0 Å². The van der Waals surface area contributed by atoms with Gasteiger partial charge in [-0.2, -0.15) is 0 Å². The molecule has 1 N–H and O–H groups in total. The molecule has 0 aromatic carbocycles. The van der Waals surface area contributed by atoms with E-state index < -0.39 is 0 Å². The maximum absolute atomic E-state index is 5.29. The lowest BCUT2D eigenvalue weighted by Crippen LogP contribution is -2.47. The first kappa shape index (κ1) is 13.5. The Morgan fingerprint density at radius 3 is 2.50 bits per heavy atom. The molecule has 102 valence electrons. The van der Waals surface area contributed by atoms with Crippen molar-refractivity contribution in [2.75, 3.05) is 37.6 Å². The summed E-state index contributed by atoms with van der Waals surface area (Å²) in [4.78, 5) is 4.84. The molecule has 1 aliphatic rings. The number of aromatic amines is 1. The number of nitrogens with zero attached hydrogens (tertiary/aromatic N) is 4. The molecule has 0 spiro atoms. The number of anilines is 1. The molecule has 0 atom stereocenters. The predicted molar refractivity (Wildman–Crippen MR) is 76.7 cm³/mol. The normalized spacial score (nSPS) is 17.7. The molecule has 1 saturated heterocycles. The van der Waals surface area contributed by atoms with Crippen LogP contribution in [0.4, 0.5) is 5.95 Å². The van der Waals surface area contributed by atoms with E-state index in [9.17, 15) is 0 Å². The molecule has 1 aromatic heterocycles. The summed E-state index contributed by atoms with van der Waals surface area (Å²) in [7, 11) is 0. The van der Waals surface area contributed by atoms with Crippen LogP contribution in [0.1, 0.15) is 33.2 Å². The van der Waals surface area contributed by atoms with Gasteiger partial charge in [-0.1, -0.05) is 6.92 Å². The molecule has 0 bridgehead atoms. The smallest absolute Gasteiger partial charge is 0.226 e. The summed E-state index contributed by atoms with van der Waals surface area (Å²) in [6.45, 7) is 12.0. The molecule has 1 aromatic rings. The molecule has 0 radical (unpaired) electrons. The van der Waals surface area contributed by atoms with Crippen molar-refractivity contribution in [2.45, 2.75) is 33.2 Å². The van der Waals surface area contributed by atoms with Gasteiger partial charge in [0.15, 0.2) is 4.77 Å². The molecule has 0 unspecified atom stereocenters. The second kappa shape index (κ2) is 5.84. The first-order valence-corrected chi connectivity index (χ1v) is 7.18. The molecule has 18 heavy (non-hydrogen) atoms. The molecule has 6 heteroatoms. The van der Waals surface area contributed by atoms with Crippen LogP contribution in [0.15, 0.2) is 0 Å². The van der Waals surface area contributed by atoms with E-state index in [4.69, 9.17) is 12.2 Å². The molecular weight excluding hydrogens is 246 g/mol. The van der Waals surface area contributed by atoms with E-state index in [0.717, 1.165) is 36.9 Å². The zero-order valence-electron chi connectivity index (χ0n) is 11.5. The molecule has 0 saturated carbocycles. The van der Waals surface area contributed by atoms with E-state index in [1.807, 2.05) is 0 Å². The standard InChI is InChI=1S/C12H23N5S/c1-4-5-15-6-8-16(9-7-15)11-13-14-12(18)17(11)10(2)3/h10H,4-9H2,1-3H3,(H,14,18). The fraction of sp³-hybridized carbons (Fsp3) is 0.833. The molecule has 5 nitrogen and oxygen atoms in total. The van der Waals surface area contributed by atoms with Gasteiger partial charge in [0.05, 0.1) is 0 Å². The first-order chi connectivity index (χ1) is 8.63.